The van der Waals surface area contributed by atoms with Gasteiger partial charge in [-0.15, -0.1) is 11.3 Å². The minimum Gasteiger partial charge on any atom is -0.368 e. The van der Waals surface area contributed by atoms with Gasteiger partial charge in [0, 0.05) is 25.3 Å². The molecule has 1 fully saturated rings. The highest BCUT2D eigenvalue weighted by atomic mass is 32.1. The van der Waals surface area contributed by atoms with E-state index in [1.54, 1.807) is 11.3 Å². The van der Waals surface area contributed by atoms with Crippen molar-refractivity contribution in [3.63, 3.8) is 0 Å². The number of hydrogen-bond acceptors (Lipinski definition) is 5. The Hall–Kier alpha value is -1.20. The highest BCUT2D eigenvalue weighted by Gasteiger charge is 2.21. The fraction of sp³-hybridized carbons (Fsp3) is 0.400. The van der Waals surface area contributed by atoms with E-state index in [-0.39, 0.29) is 0 Å². The first kappa shape index (κ1) is 9.06. The van der Waals surface area contributed by atoms with Crippen molar-refractivity contribution in [1.29, 1.82) is 0 Å². The van der Waals surface area contributed by atoms with Crippen molar-refractivity contribution in [3.05, 3.63) is 17.8 Å². The van der Waals surface area contributed by atoms with E-state index in [0.29, 0.717) is 6.04 Å². The SMILES string of the molecule is NC1CCN(c2ccnc3scnc23)C1. The van der Waals surface area contributed by atoms with Gasteiger partial charge in [-0.25, -0.2) is 9.97 Å². The first-order valence-corrected chi connectivity index (χ1v) is 5.91. The van der Waals surface area contributed by atoms with E-state index in [9.17, 15) is 0 Å². The third-order valence-electron chi connectivity index (χ3n) is 2.78. The summed E-state index contributed by atoms with van der Waals surface area (Å²) in [5.74, 6) is 0. The van der Waals surface area contributed by atoms with Gasteiger partial charge < -0.3 is 10.6 Å². The maximum Gasteiger partial charge on any atom is 0.145 e. The van der Waals surface area contributed by atoms with Gasteiger partial charge in [0.1, 0.15) is 10.3 Å². The number of fused-ring (bicyclic) bond motifs is 1. The molecule has 1 unspecified atom stereocenters. The lowest BCUT2D eigenvalue weighted by Crippen LogP contribution is -2.26. The van der Waals surface area contributed by atoms with Gasteiger partial charge in [-0.3, -0.25) is 0 Å². The van der Waals surface area contributed by atoms with E-state index >= 15 is 0 Å². The van der Waals surface area contributed by atoms with Gasteiger partial charge in [0.2, 0.25) is 0 Å². The van der Waals surface area contributed by atoms with Crippen LogP contribution in [-0.4, -0.2) is 29.1 Å². The van der Waals surface area contributed by atoms with Crippen molar-refractivity contribution >= 4 is 27.4 Å². The van der Waals surface area contributed by atoms with E-state index in [4.69, 9.17) is 5.73 Å². The van der Waals surface area contributed by atoms with Crippen molar-refractivity contribution in [2.75, 3.05) is 18.0 Å². The van der Waals surface area contributed by atoms with Crippen LogP contribution in [0, 0.1) is 0 Å². The summed E-state index contributed by atoms with van der Waals surface area (Å²) < 4.78 is 0. The lowest BCUT2D eigenvalue weighted by Gasteiger charge is -2.17. The molecule has 0 amide bonds. The number of hydrogen-bond donors (Lipinski definition) is 1. The van der Waals surface area contributed by atoms with Gasteiger partial charge >= 0.3 is 0 Å². The highest BCUT2D eigenvalue weighted by molar-refractivity contribution is 7.16. The molecule has 1 atom stereocenters. The summed E-state index contributed by atoms with van der Waals surface area (Å²) in [5.41, 5.74) is 9.94. The quantitative estimate of drug-likeness (QED) is 0.785. The summed E-state index contributed by atoms with van der Waals surface area (Å²) in [6.45, 7) is 1.95. The normalized spacial score (nSPS) is 21.4. The average Bonchev–Trinajstić information content (AvgIpc) is 2.84. The Bertz CT molecular complexity index is 481. The lowest BCUT2D eigenvalue weighted by atomic mass is 10.3. The van der Waals surface area contributed by atoms with E-state index in [0.717, 1.165) is 29.9 Å². The van der Waals surface area contributed by atoms with Crippen LogP contribution in [0.15, 0.2) is 17.8 Å². The summed E-state index contributed by atoms with van der Waals surface area (Å²) in [6.07, 6.45) is 2.91. The number of aromatic nitrogens is 2. The molecule has 0 aromatic carbocycles. The molecule has 1 aliphatic heterocycles. The Morgan fingerprint density at radius 2 is 2.40 bits per heavy atom. The Kier molecular flexibility index (Phi) is 2.07. The van der Waals surface area contributed by atoms with Gasteiger partial charge in [-0.2, -0.15) is 0 Å². The van der Waals surface area contributed by atoms with Crippen molar-refractivity contribution in [2.45, 2.75) is 12.5 Å². The van der Waals surface area contributed by atoms with E-state index in [1.807, 2.05) is 17.8 Å². The van der Waals surface area contributed by atoms with Crippen molar-refractivity contribution in [1.82, 2.24) is 9.97 Å². The van der Waals surface area contributed by atoms with Crippen LogP contribution in [0.25, 0.3) is 10.3 Å². The van der Waals surface area contributed by atoms with Crippen LogP contribution in [0.4, 0.5) is 5.69 Å². The van der Waals surface area contributed by atoms with Crippen LogP contribution < -0.4 is 10.6 Å². The summed E-state index contributed by atoms with van der Waals surface area (Å²) >= 11 is 1.58. The molecule has 5 heteroatoms. The lowest BCUT2D eigenvalue weighted by molar-refractivity contribution is 0.752. The van der Waals surface area contributed by atoms with Crippen LogP contribution >= 0.6 is 11.3 Å². The van der Waals surface area contributed by atoms with Crippen LogP contribution in [0.3, 0.4) is 0 Å². The molecule has 0 radical (unpaired) electrons. The second-order valence-corrected chi connectivity index (χ2v) is 4.66. The van der Waals surface area contributed by atoms with Crippen molar-refractivity contribution < 1.29 is 0 Å². The number of nitrogens with zero attached hydrogens (tertiary/aromatic N) is 3. The minimum absolute atomic E-state index is 0.298. The summed E-state index contributed by atoms with van der Waals surface area (Å²) in [4.78, 5) is 12.0. The molecule has 15 heavy (non-hydrogen) atoms. The van der Waals surface area contributed by atoms with Crippen LogP contribution in [0.1, 0.15) is 6.42 Å². The average molecular weight is 220 g/mol. The molecule has 78 valence electrons. The maximum atomic E-state index is 5.91. The molecule has 2 aromatic rings. The number of anilines is 1. The number of thiazole rings is 1. The largest absolute Gasteiger partial charge is 0.368 e. The van der Waals surface area contributed by atoms with Gasteiger partial charge in [0.05, 0.1) is 11.2 Å². The third kappa shape index (κ3) is 1.48. The number of pyridine rings is 1. The summed E-state index contributed by atoms with van der Waals surface area (Å²) in [7, 11) is 0. The molecular formula is C10H12N4S. The van der Waals surface area contributed by atoms with E-state index < -0.39 is 0 Å². The molecule has 3 heterocycles. The second-order valence-electron chi connectivity index (χ2n) is 3.83. The zero-order valence-electron chi connectivity index (χ0n) is 8.26. The second kappa shape index (κ2) is 3.43. The molecule has 1 saturated heterocycles. The smallest absolute Gasteiger partial charge is 0.145 e. The summed E-state index contributed by atoms with van der Waals surface area (Å²) in [5, 5.41) is 0. The predicted octanol–water partition coefficient (Wildman–Crippen LogP) is 1.23. The summed E-state index contributed by atoms with van der Waals surface area (Å²) in [6, 6.07) is 2.33. The maximum absolute atomic E-state index is 5.91. The molecule has 3 rings (SSSR count). The van der Waals surface area contributed by atoms with Gasteiger partial charge in [-0.05, 0) is 12.5 Å². The molecule has 1 aliphatic rings. The molecule has 0 bridgehead atoms. The van der Waals surface area contributed by atoms with Gasteiger partial charge in [-0.1, -0.05) is 0 Å². The first-order chi connectivity index (χ1) is 7.34. The fourth-order valence-corrected chi connectivity index (χ4v) is 2.67. The molecule has 2 aromatic heterocycles. The zero-order chi connectivity index (χ0) is 10.3. The first-order valence-electron chi connectivity index (χ1n) is 5.03. The Balaban J connectivity index is 2.06. The number of nitrogens with two attached hydrogens (primary N) is 1. The Morgan fingerprint density at radius 1 is 1.47 bits per heavy atom. The minimum atomic E-state index is 0.298. The van der Waals surface area contributed by atoms with E-state index in [2.05, 4.69) is 14.9 Å². The van der Waals surface area contributed by atoms with E-state index in [1.165, 1.54) is 5.69 Å². The topological polar surface area (TPSA) is 55.0 Å². The van der Waals surface area contributed by atoms with Gasteiger partial charge in [0.25, 0.3) is 0 Å². The predicted molar refractivity (Wildman–Crippen MR) is 62.2 cm³/mol. The molecule has 0 aliphatic carbocycles. The molecular weight excluding hydrogens is 208 g/mol. The van der Waals surface area contributed by atoms with Crippen LogP contribution in [0.2, 0.25) is 0 Å². The fourth-order valence-electron chi connectivity index (χ4n) is 2.02. The van der Waals surface area contributed by atoms with Crippen molar-refractivity contribution in [3.8, 4) is 0 Å². The Morgan fingerprint density at radius 3 is 3.20 bits per heavy atom. The third-order valence-corrected chi connectivity index (χ3v) is 3.51. The molecule has 0 saturated carbocycles. The van der Waals surface area contributed by atoms with Crippen molar-refractivity contribution in [2.24, 2.45) is 5.73 Å². The molecule has 4 nitrogen and oxygen atoms in total. The zero-order valence-corrected chi connectivity index (χ0v) is 9.07. The van der Waals surface area contributed by atoms with Crippen LogP contribution in [0.5, 0.6) is 0 Å². The van der Waals surface area contributed by atoms with Crippen LogP contribution in [-0.2, 0) is 0 Å². The molecule has 0 spiro atoms. The highest BCUT2D eigenvalue weighted by Crippen LogP contribution is 2.28. The molecule has 2 N–H and O–H groups in total. The standard InChI is InChI=1S/C10H12N4S/c11-7-2-4-14(5-7)8-1-3-12-10-9(8)13-6-15-10/h1,3,6-7H,2,4-5,11H2. The Labute approximate surface area is 91.7 Å². The van der Waals surface area contributed by atoms with Gasteiger partial charge in [0.15, 0.2) is 0 Å². The number of rotatable bonds is 1. The monoisotopic (exact) mass is 220 g/mol.